The molecule has 128 valence electrons. The molecule has 1 atom stereocenters. The van der Waals surface area contributed by atoms with Gasteiger partial charge in [0.05, 0.1) is 5.56 Å². The zero-order valence-corrected chi connectivity index (χ0v) is 14.7. The van der Waals surface area contributed by atoms with Crippen molar-refractivity contribution in [2.75, 3.05) is 0 Å². The van der Waals surface area contributed by atoms with Gasteiger partial charge >= 0.3 is 0 Å². The van der Waals surface area contributed by atoms with Crippen molar-refractivity contribution in [2.45, 2.75) is 12.3 Å². The van der Waals surface area contributed by atoms with Crippen LogP contribution in [-0.4, -0.2) is 10.8 Å². The number of fused-ring (bicyclic) bond motifs is 6. The average molecular weight is 347 g/mol. The number of carbonyl (C=O) groups is 1. The quantitative estimate of drug-likeness (QED) is 0.486. The predicted octanol–water partition coefficient (Wildman–Crippen LogP) is 4.13. The normalized spacial score (nSPS) is 17.0. The molecule has 0 radical (unpaired) electrons. The van der Waals surface area contributed by atoms with Crippen molar-refractivity contribution < 1.29 is 4.79 Å². The van der Waals surface area contributed by atoms with Gasteiger partial charge in [0, 0.05) is 28.6 Å². The van der Waals surface area contributed by atoms with E-state index in [9.17, 15) is 4.79 Å². The summed E-state index contributed by atoms with van der Waals surface area (Å²) in [6, 6.07) is 23.1. The topological polar surface area (TPSA) is 32.9 Å². The summed E-state index contributed by atoms with van der Waals surface area (Å²) in [7, 11) is 0. The SMILES string of the molecule is O=C1CC(c2ccccc2)C=c2[nH]c3cc4c(cc3c21)-c1ccccc1C=4. The van der Waals surface area contributed by atoms with Crippen molar-refractivity contribution in [3.8, 4) is 11.1 Å². The maximum Gasteiger partial charge on any atom is 0.166 e. The standard InChI is InChI=1S/C25H17NO/c27-24-13-17(15-6-2-1-3-7-15)11-23-25(24)21-14-20-18(12-22(21)26-23)10-16-8-4-5-9-19(16)20/h1-12,14,17,26H,13H2. The fourth-order valence-electron chi connectivity index (χ4n) is 4.57. The number of nitrogens with one attached hydrogen (secondary N) is 1. The number of benzene rings is 3. The minimum atomic E-state index is 0.137. The first kappa shape index (κ1) is 14.7. The Morgan fingerprint density at radius 2 is 1.70 bits per heavy atom. The maximum absolute atomic E-state index is 13.0. The van der Waals surface area contributed by atoms with E-state index in [1.54, 1.807) is 0 Å². The molecule has 0 saturated heterocycles. The Hall–Kier alpha value is -3.39. The fourth-order valence-corrected chi connectivity index (χ4v) is 4.57. The summed E-state index contributed by atoms with van der Waals surface area (Å²) >= 11 is 0. The van der Waals surface area contributed by atoms with Crippen molar-refractivity contribution in [3.63, 3.8) is 0 Å². The first-order chi connectivity index (χ1) is 13.3. The lowest BCUT2D eigenvalue weighted by atomic mass is 9.86. The summed E-state index contributed by atoms with van der Waals surface area (Å²) in [4.78, 5) is 16.5. The molecule has 0 aliphatic heterocycles. The second kappa shape index (κ2) is 5.31. The predicted molar refractivity (Wildman–Crippen MR) is 109 cm³/mol. The van der Waals surface area contributed by atoms with Crippen molar-refractivity contribution >= 4 is 28.8 Å². The molecule has 0 bridgehead atoms. The van der Waals surface area contributed by atoms with Crippen molar-refractivity contribution in [1.82, 2.24) is 4.98 Å². The number of Topliss-reactive ketones (excluding diaryl/α,β-unsaturated/α-hetero) is 1. The number of carbonyl (C=O) groups excluding carboxylic acids is 1. The Bertz CT molecular complexity index is 1360. The van der Waals surface area contributed by atoms with E-state index in [0.717, 1.165) is 21.8 Å². The van der Waals surface area contributed by atoms with Crippen LogP contribution < -0.4 is 10.6 Å². The second-order valence-electron chi connectivity index (χ2n) is 7.44. The number of ketones is 1. The highest BCUT2D eigenvalue weighted by molar-refractivity contribution is 6.11. The van der Waals surface area contributed by atoms with Gasteiger partial charge in [0.1, 0.15) is 0 Å². The number of hydrogen-bond acceptors (Lipinski definition) is 1. The van der Waals surface area contributed by atoms with Crippen LogP contribution in [0.25, 0.3) is 34.2 Å². The zero-order valence-electron chi connectivity index (χ0n) is 14.7. The third kappa shape index (κ3) is 2.10. The smallest absolute Gasteiger partial charge is 0.166 e. The molecule has 0 fully saturated rings. The van der Waals surface area contributed by atoms with Crippen LogP contribution in [0.15, 0.2) is 66.7 Å². The number of hydrogen-bond donors (Lipinski definition) is 1. The lowest BCUT2D eigenvalue weighted by molar-refractivity contribution is 0.0977. The highest BCUT2D eigenvalue weighted by atomic mass is 16.1. The van der Waals surface area contributed by atoms with Gasteiger partial charge in [0.15, 0.2) is 5.78 Å². The van der Waals surface area contributed by atoms with Crippen LogP contribution in [0.5, 0.6) is 0 Å². The molecule has 2 nitrogen and oxygen atoms in total. The van der Waals surface area contributed by atoms with Crippen LogP contribution in [0.1, 0.15) is 33.8 Å². The number of aromatic amines is 1. The van der Waals surface area contributed by atoms with E-state index < -0.39 is 0 Å². The number of rotatable bonds is 1. The van der Waals surface area contributed by atoms with Crippen LogP contribution in [0.3, 0.4) is 0 Å². The van der Waals surface area contributed by atoms with E-state index in [0.29, 0.717) is 6.42 Å². The minimum Gasteiger partial charge on any atom is -0.355 e. The van der Waals surface area contributed by atoms with Gasteiger partial charge in [-0.05, 0) is 45.7 Å². The number of H-pyrrole nitrogens is 1. The molecule has 3 aromatic carbocycles. The van der Waals surface area contributed by atoms with Gasteiger partial charge in [-0.2, -0.15) is 0 Å². The van der Waals surface area contributed by atoms with Gasteiger partial charge in [0.2, 0.25) is 0 Å². The van der Waals surface area contributed by atoms with E-state index in [2.05, 4.69) is 65.7 Å². The third-order valence-electron chi connectivity index (χ3n) is 5.84. The molecule has 4 aromatic rings. The van der Waals surface area contributed by atoms with Gasteiger partial charge in [-0.25, -0.2) is 0 Å². The Balaban J connectivity index is 1.60. The zero-order chi connectivity index (χ0) is 18.0. The molecule has 0 spiro atoms. The lowest BCUT2D eigenvalue weighted by Gasteiger charge is -2.16. The third-order valence-corrected chi connectivity index (χ3v) is 5.84. The van der Waals surface area contributed by atoms with E-state index in [1.807, 2.05) is 18.2 Å². The summed E-state index contributed by atoms with van der Waals surface area (Å²) in [6.07, 6.45) is 4.97. The average Bonchev–Trinajstić information content (AvgIpc) is 3.24. The molecule has 27 heavy (non-hydrogen) atoms. The molecule has 2 heteroatoms. The lowest BCUT2D eigenvalue weighted by Crippen LogP contribution is -2.22. The van der Waals surface area contributed by atoms with Crippen LogP contribution in [0.4, 0.5) is 0 Å². The molecule has 1 aromatic heterocycles. The molecular formula is C25H17NO. The van der Waals surface area contributed by atoms with E-state index >= 15 is 0 Å². The highest BCUT2D eigenvalue weighted by Gasteiger charge is 2.25. The largest absolute Gasteiger partial charge is 0.355 e. The number of aromatic nitrogens is 1. The molecule has 2 aliphatic rings. The van der Waals surface area contributed by atoms with Crippen LogP contribution in [-0.2, 0) is 0 Å². The van der Waals surface area contributed by atoms with Gasteiger partial charge in [-0.1, -0.05) is 60.7 Å². The summed E-state index contributed by atoms with van der Waals surface area (Å²) in [6.45, 7) is 0. The molecule has 6 rings (SSSR count). The van der Waals surface area contributed by atoms with Crippen molar-refractivity contribution in [2.24, 2.45) is 0 Å². The highest BCUT2D eigenvalue weighted by Crippen LogP contribution is 2.32. The van der Waals surface area contributed by atoms with Crippen LogP contribution in [0.2, 0.25) is 0 Å². The summed E-state index contributed by atoms with van der Waals surface area (Å²) < 4.78 is 0. The first-order valence-electron chi connectivity index (χ1n) is 9.35. The molecular weight excluding hydrogens is 330 g/mol. The van der Waals surface area contributed by atoms with E-state index in [1.165, 1.54) is 27.5 Å². The van der Waals surface area contributed by atoms with Gasteiger partial charge < -0.3 is 4.98 Å². The van der Waals surface area contributed by atoms with Crippen molar-refractivity contribution in [3.05, 3.63) is 94.0 Å². The molecule has 0 amide bonds. The van der Waals surface area contributed by atoms with Crippen molar-refractivity contribution in [1.29, 1.82) is 0 Å². The first-order valence-corrected chi connectivity index (χ1v) is 9.35. The summed E-state index contributed by atoms with van der Waals surface area (Å²) in [5.74, 6) is 0.362. The maximum atomic E-state index is 13.0. The molecule has 1 N–H and O–H groups in total. The van der Waals surface area contributed by atoms with Gasteiger partial charge in [-0.15, -0.1) is 0 Å². The summed E-state index contributed by atoms with van der Waals surface area (Å²) in [5.41, 5.74) is 6.80. The molecule has 1 unspecified atom stereocenters. The van der Waals surface area contributed by atoms with Gasteiger partial charge in [-0.3, -0.25) is 4.79 Å². The van der Waals surface area contributed by atoms with E-state index in [-0.39, 0.29) is 11.7 Å². The Kier molecular flexibility index (Phi) is 2.90. The minimum absolute atomic E-state index is 0.137. The van der Waals surface area contributed by atoms with Crippen LogP contribution >= 0.6 is 0 Å². The fraction of sp³-hybridized carbons (Fsp3) is 0.0800. The Morgan fingerprint density at radius 1 is 0.889 bits per heavy atom. The summed E-state index contributed by atoms with van der Waals surface area (Å²) in [5, 5.41) is 3.23. The van der Waals surface area contributed by atoms with E-state index in [4.69, 9.17) is 0 Å². The Morgan fingerprint density at radius 3 is 2.59 bits per heavy atom. The molecule has 1 heterocycles. The monoisotopic (exact) mass is 347 g/mol. The Labute approximate surface area is 156 Å². The van der Waals surface area contributed by atoms with Gasteiger partial charge in [0.25, 0.3) is 0 Å². The molecule has 2 aliphatic carbocycles. The van der Waals surface area contributed by atoms with Crippen LogP contribution in [0, 0.1) is 0 Å². The second-order valence-corrected chi connectivity index (χ2v) is 7.44. The molecule has 0 saturated carbocycles.